The van der Waals surface area contributed by atoms with Gasteiger partial charge in [0, 0.05) is 6.42 Å². The van der Waals surface area contributed by atoms with Crippen LogP contribution in [0.2, 0.25) is 0 Å². The third-order valence-corrected chi connectivity index (χ3v) is 1.75. The highest BCUT2D eigenvalue weighted by Gasteiger charge is 2.02. The average Bonchev–Trinajstić information content (AvgIpc) is 2.19. The lowest BCUT2D eigenvalue weighted by Crippen LogP contribution is -2.06. The van der Waals surface area contributed by atoms with Gasteiger partial charge in [-0.3, -0.25) is 4.79 Å². The minimum atomic E-state index is -0.197. The quantitative estimate of drug-likeness (QED) is 0.545. The third kappa shape index (κ3) is 3.09. The molecule has 3 nitrogen and oxygen atoms in total. The maximum Gasteiger partial charge on any atom is 0.311 e. The summed E-state index contributed by atoms with van der Waals surface area (Å²) >= 11 is 0. The normalized spacial score (nSPS) is 9.57. The van der Waals surface area contributed by atoms with Gasteiger partial charge in [-0.1, -0.05) is 6.92 Å². The highest BCUT2D eigenvalue weighted by atomic mass is 16.5. The maximum absolute atomic E-state index is 11.1. The zero-order chi connectivity index (χ0) is 10.4. The van der Waals surface area contributed by atoms with Crippen LogP contribution in [-0.2, 0) is 4.79 Å². The van der Waals surface area contributed by atoms with Crippen LogP contribution in [0.5, 0.6) is 11.5 Å². The molecule has 0 radical (unpaired) electrons. The first-order chi connectivity index (χ1) is 6.76. The molecule has 0 fully saturated rings. The Morgan fingerprint density at radius 1 is 1.21 bits per heavy atom. The molecule has 0 atom stereocenters. The second kappa shape index (κ2) is 5.27. The first-order valence-electron chi connectivity index (χ1n) is 4.61. The van der Waals surface area contributed by atoms with Gasteiger partial charge in [-0.25, -0.2) is 0 Å². The van der Waals surface area contributed by atoms with Gasteiger partial charge in [-0.2, -0.15) is 0 Å². The van der Waals surface area contributed by atoms with E-state index in [0.717, 1.165) is 12.2 Å². The predicted molar refractivity (Wildman–Crippen MR) is 53.5 cm³/mol. The van der Waals surface area contributed by atoms with E-state index in [1.54, 1.807) is 31.4 Å². The Labute approximate surface area is 83.6 Å². The number of esters is 1. The molecule has 0 spiro atoms. The van der Waals surface area contributed by atoms with Gasteiger partial charge in [0.15, 0.2) is 0 Å². The van der Waals surface area contributed by atoms with Gasteiger partial charge in [-0.05, 0) is 30.7 Å². The highest BCUT2D eigenvalue weighted by molar-refractivity contribution is 5.72. The van der Waals surface area contributed by atoms with Crippen LogP contribution in [0.3, 0.4) is 0 Å². The van der Waals surface area contributed by atoms with E-state index in [-0.39, 0.29) is 5.97 Å². The second-order valence-electron chi connectivity index (χ2n) is 2.90. The summed E-state index contributed by atoms with van der Waals surface area (Å²) in [6, 6.07) is 6.95. The van der Waals surface area contributed by atoms with E-state index in [4.69, 9.17) is 9.47 Å². The van der Waals surface area contributed by atoms with Crippen molar-refractivity contribution in [3.63, 3.8) is 0 Å². The Morgan fingerprint density at radius 3 is 2.29 bits per heavy atom. The van der Waals surface area contributed by atoms with Gasteiger partial charge >= 0.3 is 5.97 Å². The molecular formula is C11H14O3. The van der Waals surface area contributed by atoms with E-state index >= 15 is 0 Å². The van der Waals surface area contributed by atoms with Crippen molar-refractivity contribution in [1.29, 1.82) is 0 Å². The monoisotopic (exact) mass is 194 g/mol. The fourth-order valence-electron chi connectivity index (χ4n) is 1.03. The molecule has 1 aromatic carbocycles. The zero-order valence-electron chi connectivity index (χ0n) is 8.45. The van der Waals surface area contributed by atoms with Crippen molar-refractivity contribution >= 4 is 5.97 Å². The summed E-state index contributed by atoms with van der Waals surface area (Å²) < 4.78 is 10.0. The summed E-state index contributed by atoms with van der Waals surface area (Å²) in [7, 11) is 1.60. The van der Waals surface area contributed by atoms with Crippen LogP contribution in [-0.4, -0.2) is 13.1 Å². The zero-order valence-corrected chi connectivity index (χ0v) is 8.45. The molecule has 3 heteroatoms. The molecule has 0 aliphatic heterocycles. The SMILES string of the molecule is CCCC(=O)Oc1ccc(OC)cc1. The molecule has 0 bridgehead atoms. The number of carbonyl (C=O) groups excluding carboxylic acids is 1. The Bertz CT molecular complexity index is 290. The number of hydrogen-bond donors (Lipinski definition) is 0. The number of benzene rings is 1. The molecule has 0 heterocycles. The van der Waals surface area contributed by atoms with Gasteiger partial charge in [-0.15, -0.1) is 0 Å². The predicted octanol–water partition coefficient (Wildman–Crippen LogP) is 2.40. The fourth-order valence-corrected chi connectivity index (χ4v) is 1.03. The van der Waals surface area contributed by atoms with E-state index in [1.807, 2.05) is 6.92 Å². The lowest BCUT2D eigenvalue weighted by molar-refractivity contribution is -0.134. The van der Waals surface area contributed by atoms with Crippen molar-refractivity contribution in [2.75, 3.05) is 7.11 Å². The van der Waals surface area contributed by atoms with Crippen molar-refractivity contribution in [3.05, 3.63) is 24.3 Å². The van der Waals surface area contributed by atoms with E-state index in [2.05, 4.69) is 0 Å². The molecule has 1 rings (SSSR count). The van der Waals surface area contributed by atoms with Crippen LogP contribution in [0.4, 0.5) is 0 Å². The Balaban J connectivity index is 2.55. The van der Waals surface area contributed by atoms with Gasteiger partial charge in [0.2, 0.25) is 0 Å². The van der Waals surface area contributed by atoms with Gasteiger partial charge in [0.25, 0.3) is 0 Å². The first kappa shape index (κ1) is 10.6. The third-order valence-electron chi connectivity index (χ3n) is 1.75. The lowest BCUT2D eigenvalue weighted by Gasteiger charge is -2.04. The number of rotatable bonds is 4. The van der Waals surface area contributed by atoms with Crippen molar-refractivity contribution in [3.8, 4) is 11.5 Å². The standard InChI is InChI=1S/C11H14O3/c1-3-4-11(12)14-10-7-5-9(13-2)6-8-10/h5-8H,3-4H2,1-2H3. The van der Waals surface area contributed by atoms with Gasteiger partial charge in [0.1, 0.15) is 11.5 Å². The Hall–Kier alpha value is -1.51. The summed E-state index contributed by atoms with van der Waals surface area (Å²) in [6.45, 7) is 1.94. The van der Waals surface area contributed by atoms with Crippen molar-refractivity contribution in [2.45, 2.75) is 19.8 Å². The maximum atomic E-state index is 11.1. The van der Waals surface area contributed by atoms with Crippen LogP contribution in [0, 0.1) is 0 Å². The lowest BCUT2D eigenvalue weighted by atomic mass is 10.3. The molecule has 76 valence electrons. The van der Waals surface area contributed by atoms with Crippen LogP contribution in [0.25, 0.3) is 0 Å². The van der Waals surface area contributed by atoms with Crippen molar-refractivity contribution in [1.82, 2.24) is 0 Å². The number of hydrogen-bond acceptors (Lipinski definition) is 3. The minimum Gasteiger partial charge on any atom is -0.497 e. The minimum absolute atomic E-state index is 0.197. The Kier molecular flexibility index (Phi) is 3.98. The molecule has 1 aromatic rings. The molecule has 0 saturated heterocycles. The van der Waals surface area contributed by atoms with Crippen LogP contribution in [0.15, 0.2) is 24.3 Å². The van der Waals surface area contributed by atoms with Crippen LogP contribution < -0.4 is 9.47 Å². The number of ether oxygens (including phenoxy) is 2. The summed E-state index contributed by atoms with van der Waals surface area (Å²) in [5, 5.41) is 0. The first-order valence-corrected chi connectivity index (χ1v) is 4.61. The Morgan fingerprint density at radius 2 is 1.79 bits per heavy atom. The molecular weight excluding hydrogens is 180 g/mol. The highest BCUT2D eigenvalue weighted by Crippen LogP contribution is 2.17. The molecule has 0 aliphatic rings. The fraction of sp³-hybridized carbons (Fsp3) is 0.364. The summed E-state index contributed by atoms with van der Waals surface area (Å²) in [5.74, 6) is 1.11. The van der Waals surface area contributed by atoms with Crippen LogP contribution in [0.1, 0.15) is 19.8 Å². The van der Waals surface area contributed by atoms with E-state index < -0.39 is 0 Å². The average molecular weight is 194 g/mol. The smallest absolute Gasteiger partial charge is 0.311 e. The largest absolute Gasteiger partial charge is 0.497 e. The second-order valence-corrected chi connectivity index (χ2v) is 2.90. The van der Waals surface area contributed by atoms with Crippen molar-refractivity contribution < 1.29 is 14.3 Å². The summed E-state index contributed by atoms with van der Waals surface area (Å²) in [6.07, 6.45) is 1.25. The molecule has 0 aliphatic carbocycles. The topological polar surface area (TPSA) is 35.5 Å². The summed E-state index contributed by atoms with van der Waals surface area (Å²) in [4.78, 5) is 11.1. The molecule has 0 unspecified atom stereocenters. The van der Waals surface area contributed by atoms with E-state index in [9.17, 15) is 4.79 Å². The summed E-state index contributed by atoms with van der Waals surface area (Å²) in [5.41, 5.74) is 0. The van der Waals surface area contributed by atoms with E-state index in [1.165, 1.54) is 0 Å². The number of carbonyl (C=O) groups is 1. The van der Waals surface area contributed by atoms with Gasteiger partial charge < -0.3 is 9.47 Å². The van der Waals surface area contributed by atoms with E-state index in [0.29, 0.717) is 12.2 Å². The molecule has 14 heavy (non-hydrogen) atoms. The van der Waals surface area contributed by atoms with Crippen LogP contribution >= 0.6 is 0 Å². The van der Waals surface area contributed by atoms with Gasteiger partial charge in [0.05, 0.1) is 7.11 Å². The number of methoxy groups -OCH3 is 1. The molecule has 0 amide bonds. The molecule has 0 N–H and O–H groups in total. The molecule has 0 saturated carbocycles. The molecule has 0 aromatic heterocycles. The van der Waals surface area contributed by atoms with Crippen molar-refractivity contribution in [2.24, 2.45) is 0 Å².